The van der Waals surface area contributed by atoms with E-state index in [0.29, 0.717) is 10.5 Å². The van der Waals surface area contributed by atoms with Gasteiger partial charge in [0.25, 0.3) is 11.8 Å². The maximum absolute atomic E-state index is 13.3. The van der Waals surface area contributed by atoms with Gasteiger partial charge in [0.2, 0.25) is 0 Å². The molecule has 0 N–H and O–H groups in total. The molecular weight excluding hydrogens is 321 g/mol. The number of pyridine rings is 1. The number of rotatable bonds is 3. The normalized spacial score (nSPS) is 15.4. The van der Waals surface area contributed by atoms with Gasteiger partial charge in [0, 0.05) is 6.20 Å². The predicted octanol–water partition coefficient (Wildman–Crippen LogP) is 2.97. The molecule has 0 saturated heterocycles. The highest BCUT2D eigenvalue weighted by molar-refractivity contribution is 6.35. The summed E-state index contributed by atoms with van der Waals surface area (Å²) in [7, 11) is 0. The number of nitrogens with zero attached hydrogens (tertiary/aromatic N) is 2. The van der Waals surface area contributed by atoms with Gasteiger partial charge in [-0.15, -0.1) is 0 Å². The smallest absolute Gasteiger partial charge is 0.270 e. The molecule has 1 aliphatic rings. The van der Waals surface area contributed by atoms with E-state index in [9.17, 15) is 22.8 Å². The van der Waals surface area contributed by atoms with Crippen molar-refractivity contribution >= 4 is 17.4 Å². The Morgan fingerprint density at radius 2 is 1.58 bits per heavy atom. The predicted molar refractivity (Wildman–Crippen MR) is 79.2 cm³/mol. The van der Waals surface area contributed by atoms with E-state index in [-0.39, 0.29) is 12.2 Å². The van der Waals surface area contributed by atoms with E-state index in [0.717, 1.165) is 0 Å². The van der Waals surface area contributed by atoms with Gasteiger partial charge in [-0.1, -0.05) is 36.4 Å². The maximum atomic E-state index is 13.3. The number of alkyl halides is 3. The van der Waals surface area contributed by atoms with E-state index in [2.05, 4.69) is 4.98 Å². The number of carbonyl (C=O) groups is 2. The molecule has 1 aromatic carbocycles. The molecule has 0 radical (unpaired) electrons. The van der Waals surface area contributed by atoms with Crippen LogP contribution in [0.2, 0.25) is 0 Å². The van der Waals surface area contributed by atoms with Gasteiger partial charge < -0.3 is 0 Å². The fourth-order valence-corrected chi connectivity index (χ4v) is 2.50. The molecule has 2 amide bonds. The van der Waals surface area contributed by atoms with E-state index < -0.39 is 29.1 Å². The van der Waals surface area contributed by atoms with Crippen LogP contribution in [0.3, 0.4) is 0 Å². The highest BCUT2D eigenvalue weighted by Gasteiger charge is 2.51. The molecule has 0 unspecified atom stereocenters. The van der Waals surface area contributed by atoms with E-state index in [4.69, 9.17) is 0 Å². The van der Waals surface area contributed by atoms with Gasteiger partial charge in [0.1, 0.15) is 5.57 Å². The van der Waals surface area contributed by atoms with Crippen molar-refractivity contribution < 1.29 is 22.8 Å². The van der Waals surface area contributed by atoms with Crippen LogP contribution in [0.4, 0.5) is 13.2 Å². The monoisotopic (exact) mass is 332 g/mol. The zero-order valence-electron chi connectivity index (χ0n) is 12.2. The van der Waals surface area contributed by atoms with Crippen LogP contribution in [0.15, 0.2) is 60.3 Å². The summed E-state index contributed by atoms with van der Waals surface area (Å²) in [4.78, 5) is 29.1. The minimum Gasteiger partial charge on any atom is -0.270 e. The Hall–Kier alpha value is -2.96. The summed E-state index contributed by atoms with van der Waals surface area (Å²) in [5.74, 6) is -2.34. The number of imide groups is 1. The highest BCUT2D eigenvalue weighted by Crippen LogP contribution is 2.39. The molecule has 0 fully saturated rings. The zero-order chi connectivity index (χ0) is 17.3. The number of hydrogen-bond acceptors (Lipinski definition) is 3. The van der Waals surface area contributed by atoms with Crippen molar-refractivity contribution in [3.63, 3.8) is 0 Å². The van der Waals surface area contributed by atoms with E-state index in [1.54, 1.807) is 30.3 Å². The Bertz CT molecular complexity index is 815. The van der Waals surface area contributed by atoms with E-state index in [1.165, 1.54) is 24.4 Å². The summed E-state index contributed by atoms with van der Waals surface area (Å²) < 4.78 is 40.0. The van der Waals surface area contributed by atoms with Crippen molar-refractivity contribution in [1.82, 2.24) is 9.88 Å². The summed E-state index contributed by atoms with van der Waals surface area (Å²) in [5, 5.41) is 0. The second-order valence-electron chi connectivity index (χ2n) is 5.14. The Morgan fingerprint density at radius 1 is 0.917 bits per heavy atom. The van der Waals surface area contributed by atoms with Gasteiger partial charge in [0.05, 0.1) is 17.8 Å². The van der Waals surface area contributed by atoms with Crippen molar-refractivity contribution in [1.29, 1.82) is 0 Å². The van der Waals surface area contributed by atoms with Crippen molar-refractivity contribution in [3.8, 4) is 0 Å². The standard InChI is InChI=1S/C17H11F3N2O2/c18-17(19,20)14-13(12-8-4-5-9-21-12)15(23)22(16(14)24)10-11-6-2-1-3-7-11/h1-9H,10H2. The second-order valence-corrected chi connectivity index (χ2v) is 5.14. The van der Waals surface area contributed by atoms with Gasteiger partial charge in [-0.2, -0.15) is 13.2 Å². The van der Waals surface area contributed by atoms with Crippen LogP contribution in [0.5, 0.6) is 0 Å². The molecule has 7 heteroatoms. The molecule has 0 aliphatic carbocycles. The lowest BCUT2D eigenvalue weighted by Crippen LogP contribution is -2.33. The number of benzene rings is 1. The summed E-state index contributed by atoms with van der Waals surface area (Å²) in [6.45, 7) is -0.228. The number of halogens is 3. The molecule has 122 valence electrons. The van der Waals surface area contributed by atoms with Crippen LogP contribution in [-0.2, 0) is 16.1 Å². The van der Waals surface area contributed by atoms with Gasteiger partial charge in [-0.05, 0) is 17.7 Å². The first-order valence-electron chi connectivity index (χ1n) is 7.02. The number of hydrogen-bond donors (Lipinski definition) is 0. The van der Waals surface area contributed by atoms with Crippen LogP contribution in [0, 0.1) is 0 Å². The highest BCUT2D eigenvalue weighted by atomic mass is 19.4. The lowest BCUT2D eigenvalue weighted by Gasteiger charge is -2.15. The molecule has 0 bridgehead atoms. The van der Waals surface area contributed by atoms with Crippen molar-refractivity contribution in [2.75, 3.05) is 0 Å². The van der Waals surface area contributed by atoms with Crippen LogP contribution in [-0.4, -0.2) is 27.9 Å². The lowest BCUT2D eigenvalue weighted by molar-refractivity contribution is -0.142. The molecule has 0 atom stereocenters. The minimum atomic E-state index is -4.94. The summed E-state index contributed by atoms with van der Waals surface area (Å²) in [6, 6.07) is 12.6. The van der Waals surface area contributed by atoms with Gasteiger partial charge in [0.15, 0.2) is 0 Å². The Morgan fingerprint density at radius 3 is 2.17 bits per heavy atom. The first-order chi connectivity index (χ1) is 11.4. The second kappa shape index (κ2) is 5.92. The lowest BCUT2D eigenvalue weighted by atomic mass is 10.1. The Kier molecular flexibility index (Phi) is 3.92. The molecule has 1 aromatic heterocycles. The summed E-state index contributed by atoms with van der Waals surface area (Å²) >= 11 is 0. The molecule has 0 spiro atoms. The van der Waals surface area contributed by atoms with E-state index >= 15 is 0 Å². The molecule has 4 nitrogen and oxygen atoms in total. The third kappa shape index (κ3) is 2.80. The van der Waals surface area contributed by atoms with Crippen molar-refractivity contribution in [3.05, 3.63) is 71.6 Å². The van der Waals surface area contributed by atoms with Gasteiger partial charge >= 0.3 is 6.18 Å². The fraction of sp³-hybridized carbons (Fsp3) is 0.118. The van der Waals surface area contributed by atoms with Crippen LogP contribution in [0.1, 0.15) is 11.3 Å². The summed E-state index contributed by atoms with van der Waals surface area (Å²) in [5.41, 5.74) is -1.78. The average molecular weight is 332 g/mol. The largest absolute Gasteiger partial charge is 0.422 e. The van der Waals surface area contributed by atoms with E-state index in [1.807, 2.05) is 0 Å². The number of carbonyl (C=O) groups excluding carboxylic acids is 2. The molecular formula is C17H11F3N2O2. The molecule has 0 saturated carbocycles. The van der Waals surface area contributed by atoms with Gasteiger partial charge in [-0.25, -0.2) is 0 Å². The van der Waals surface area contributed by atoms with Crippen LogP contribution >= 0.6 is 0 Å². The van der Waals surface area contributed by atoms with Crippen molar-refractivity contribution in [2.24, 2.45) is 0 Å². The molecule has 3 rings (SSSR count). The maximum Gasteiger partial charge on any atom is 0.422 e. The average Bonchev–Trinajstić information content (AvgIpc) is 2.81. The Balaban J connectivity index is 2.05. The first-order valence-corrected chi connectivity index (χ1v) is 7.02. The van der Waals surface area contributed by atoms with Crippen LogP contribution in [0.25, 0.3) is 5.57 Å². The SMILES string of the molecule is O=C1C(c2ccccn2)=C(C(F)(F)F)C(=O)N1Cc1ccccc1. The quantitative estimate of drug-likeness (QED) is 0.812. The molecule has 2 heterocycles. The first kappa shape index (κ1) is 15.9. The topological polar surface area (TPSA) is 50.3 Å². The fourth-order valence-electron chi connectivity index (χ4n) is 2.50. The molecule has 2 aromatic rings. The third-order valence-corrected chi connectivity index (χ3v) is 3.56. The molecule has 24 heavy (non-hydrogen) atoms. The van der Waals surface area contributed by atoms with Crippen molar-refractivity contribution in [2.45, 2.75) is 12.7 Å². The number of aromatic nitrogens is 1. The Labute approximate surface area is 135 Å². The third-order valence-electron chi connectivity index (χ3n) is 3.56. The minimum absolute atomic E-state index is 0.168. The van der Waals surface area contributed by atoms with Gasteiger partial charge in [-0.3, -0.25) is 19.5 Å². The number of amides is 2. The zero-order valence-corrected chi connectivity index (χ0v) is 12.2. The van der Waals surface area contributed by atoms with Crippen LogP contribution < -0.4 is 0 Å². The summed E-state index contributed by atoms with van der Waals surface area (Å²) in [6.07, 6.45) is -3.67. The molecule has 1 aliphatic heterocycles.